The van der Waals surface area contributed by atoms with Crippen molar-refractivity contribution in [1.82, 2.24) is 4.31 Å². The predicted molar refractivity (Wildman–Crippen MR) is 115 cm³/mol. The molecule has 0 radical (unpaired) electrons. The van der Waals surface area contributed by atoms with E-state index in [9.17, 15) is 18.0 Å². The quantitative estimate of drug-likeness (QED) is 0.396. The molecule has 2 aromatic rings. The third kappa shape index (κ3) is 5.23. The van der Waals surface area contributed by atoms with Crippen LogP contribution in [0.15, 0.2) is 59.5 Å². The summed E-state index contributed by atoms with van der Waals surface area (Å²) >= 11 is 0. The zero-order valence-corrected chi connectivity index (χ0v) is 17.7. The van der Waals surface area contributed by atoms with E-state index < -0.39 is 16.0 Å². The molecular weight excluding hydrogens is 402 g/mol. The van der Waals surface area contributed by atoms with E-state index in [1.165, 1.54) is 41.8 Å². The van der Waals surface area contributed by atoms with Crippen LogP contribution in [0, 0.1) is 0 Å². The Morgan fingerprint density at radius 1 is 0.867 bits per heavy atom. The number of allylic oxidation sites excluding steroid dienone is 1. The normalized spacial score (nSPS) is 15.6. The second kappa shape index (κ2) is 9.82. The third-order valence-electron chi connectivity index (χ3n) is 5.10. The van der Waals surface area contributed by atoms with E-state index in [0.29, 0.717) is 24.2 Å². The summed E-state index contributed by atoms with van der Waals surface area (Å²) in [5, 5.41) is 0. The standard InChI is InChI=1S/C23H25NO5S/c1-29-23(26)20-9-6-18(7-10-20)8-15-22(25)19-11-13-21(14-12-19)30(27,28)24-16-4-2-3-5-17-24/h6-15H,2-5,16-17H2,1H3. The van der Waals surface area contributed by atoms with Gasteiger partial charge in [-0.2, -0.15) is 4.31 Å². The average molecular weight is 428 g/mol. The van der Waals surface area contributed by atoms with Crippen LogP contribution in [0.2, 0.25) is 0 Å². The van der Waals surface area contributed by atoms with Crippen LogP contribution < -0.4 is 0 Å². The molecule has 0 N–H and O–H groups in total. The second-order valence-electron chi connectivity index (χ2n) is 7.15. The Morgan fingerprint density at radius 3 is 2.00 bits per heavy atom. The Bertz CT molecular complexity index is 1020. The van der Waals surface area contributed by atoms with Gasteiger partial charge >= 0.3 is 5.97 Å². The molecule has 3 rings (SSSR count). The zero-order valence-electron chi connectivity index (χ0n) is 16.9. The number of ketones is 1. The lowest BCUT2D eigenvalue weighted by Gasteiger charge is -2.19. The highest BCUT2D eigenvalue weighted by Gasteiger charge is 2.25. The number of benzene rings is 2. The Kier molecular flexibility index (Phi) is 7.18. The van der Waals surface area contributed by atoms with Crippen molar-refractivity contribution in [1.29, 1.82) is 0 Å². The van der Waals surface area contributed by atoms with Crippen LogP contribution in [-0.4, -0.2) is 44.7 Å². The number of rotatable bonds is 6. The molecule has 30 heavy (non-hydrogen) atoms. The fourth-order valence-electron chi connectivity index (χ4n) is 3.34. The van der Waals surface area contributed by atoms with Crippen molar-refractivity contribution in [2.24, 2.45) is 0 Å². The Morgan fingerprint density at radius 2 is 1.43 bits per heavy atom. The number of nitrogens with zero attached hydrogens (tertiary/aromatic N) is 1. The lowest BCUT2D eigenvalue weighted by atomic mass is 10.1. The molecule has 1 heterocycles. The molecule has 0 saturated carbocycles. The number of methoxy groups -OCH3 is 1. The number of hydrogen-bond acceptors (Lipinski definition) is 5. The van der Waals surface area contributed by atoms with Gasteiger partial charge in [0.1, 0.15) is 0 Å². The first-order chi connectivity index (χ1) is 14.4. The predicted octanol–water partition coefficient (Wildman–Crippen LogP) is 3.93. The molecule has 1 fully saturated rings. The average Bonchev–Trinajstić information content (AvgIpc) is 3.07. The lowest BCUT2D eigenvalue weighted by Crippen LogP contribution is -2.31. The van der Waals surface area contributed by atoms with E-state index in [0.717, 1.165) is 31.2 Å². The lowest BCUT2D eigenvalue weighted by molar-refractivity contribution is 0.0600. The van der Waals surface area contributed by atoms with Gasteiger partial charge in [0, 0.05) is 18.7 Å². The Hall–Kier alpha value is -2.77. The maximum Gasteiger partial charge on any atom is 0.337 e. The minimum atomic E-state index is -3.53. The summed E-state index contributed by atoms with van der Waals surface area (Å²) in [5.41, 5.74) is 1.60. The number of carbonyl (C=O) groups is 2. The van der Waals surface area contributed by atoms with Crippen LogP contribution in [-0.2, 0) is 14.8 Å². The number of esters is 1. The van der Waals surface area contributed by atoms with Gasteiger partial charge in [-0.05, 0) is 60.9 Å². The van der Waals surface area contributed by atoms with Crippen molar-refractivity contribution in [3.8, 4) is 0 Å². The van der Waals surface area contributed by atoms with Gasteiger partial charge < -0.3 is 4.74 Å². The van der Waals surface area contributed by atoms with Crippen molar-refractivity contribution in [2.75, 3.05) is 20.2 Å². The van der Waals surface area contributed by atoms with Gasteiger partial charge in [-0.1, -0.05) is 31.1 Å². The molecule has 0 spiro atoms. The van der Waals surface area contributed by atoms with E-state index in [1.54, 1.807) is 30.3 Å². The Labute approximate surface area is 177 Å². The van der Waals surface area contributed by atoms with Crippen LogP contribution in [0.4, 0.5) is 0 Å². The summed E-state index contributed by atoms with van der Waals surface area (Å²) in [4.78, 5) is 24.1. The SMILES string of the molecule is COC(=O)c1ccc(C=CC(=O)c2ccc(S(=O)(=O)N3CCCCCC3)cc2)cc1. The van der Waals surface area contributed by atoms with Gasteiger partial charge in [-0.25, -0.2) is 13.2 Å². The first-order valence-corrected chi connectivity index (χ1v) is 11.4. The van der Waals surface area contributed by atoms with Gasteiger partial charge in [0.25, 0.3) is 0 Å². The van der Waals surface area contributed by atoms with Gasteiger partial charge in [0.15, 0.2) is 5.78 Å². The van der Waals surface area contributed by atoms with Gasteiger partial charge in [-0.15, -0.1) is 0 Å². The van der Waals surface area contributed by atoms with Crippen molar-refractivity contribution >= 4 is 27.9 Å². The van der Waals surface area contributed by atoms with Crippen LogP contribution in [0.1, 0.15) is 52.0 Å². The molecule has 0 aliphatic carbocycles. The molecule has 0 amide bonds. The fourth-order valence-corrected chi connectivity index (χ4v) is 4.86. The molecule has 0 aromatic heterocycles. The highest BCUT2D eigenvalue weighted by atomic mass is 32.2. The molecule has 2 aromatic carbocycles. The van der Waals surface area contributed by atoms with E-state index in [-0.39, 0.29) is 10.7 Å². The van der Waals surface area contributed by atoms with Crippen molar-refractivity contribution in [3.63, 3.8) is 0 Å². The minimum absolute atomic E-state index is 0.211. The molecule has 0 atom stereocenters. The third-order valence-corrected chi connectivity index (χ3v) is 7.01. The molecule has 6 nitrogen and oxygen atoms in total. The number of carbonyl (C=O) groups excluding carboxylic acids is 2. The second-order valence-corrected chi connectivity index (χ2v) is 9.09. The van der Waals surface area contributed by atoms with Crippen LogP contribution in [0.25, 0.3) is 6.08 Å². The van der Waals surface area contributed by atoms with E-state index >= 15 is 0 Å². The first-order valence-electron chi connectivity index (χ1n) is 9.93. The molecule has 1 aliphatic heterocycles. The van der Waals surface area contributed by atoms with Gasteiger partial charge in [0.05, 0.1) is 17.6 Å². The van der Waals surface area contributed by atoms with E-state index in [4.69, 9.17) is 0 Å². The molecular formula is C23H25NO5S. The van der Waals surface area contributed by atoms with Crippen LogP contribution >= 0.6 is 0 Å². The smallest absolute Gasteiger partial charge is 0.337 e. The largest absolute Gasteiger partial charge is 0.465 e. The topological polar surface area (TPSA) is 80.8 Å². The van der Waals surface area contributed by atoms with Crippen molar-refractivity contribution < 1.29 is 22.7 Å². The fraction of sp³-hybridized carbons (Fsp3) is 0.304. The van der Waals surface area contributed by atoms with Crippen LogP contribution in [0.3, 0.4) is 0 Å². The summed E-state index contributed by atoms with van der Waals surface area (Å²) in [6, 6.07) is 12.7. The number of hydrogen-bond donors (Lipinski definition) is 0. The summed E-state index contributed by atoms with van der Waals surface area (Å²) in [6.07, 6.45) is 6.92. The number of sulfonamides is 1. The summed E-state index contributed by atoms with van der Waals surface area (Å²) in [6.45, 7) is 1.08. The van der Waals surface area contributed by atoms with Gasteiger partial charge in [-0.3, -0.25) is 4.79 Å². The van der Waals surface area contributed by atoms with E-state index in [1.807, 2.05) is 0 Å². The molecule has 7 heteroatoms. The maximum absolute atomic E-state index is 12.8. The minimum Gasteiger partial charge on any atom is -0.465 e. The monoisotopic (exact) mass is 427 g/mol. The molecule has 158 valence electrons. The summed E-state index contributed by atoms with van der Waals surface area (Å²) in [5.74, 6) is -0.650. The van der Waals surface area contributed by atoms with Crippen LogP contribution in [0.5, 0.6) is 0 Å². The molecule has 1 aliphatic rings. The molecule has 0 unspecified atom stereocenters. The van der Waals surface area contributed by atoms with E-state index in [2.05, 4.69) is 4.74 Å². The first kappa shape index (κ1) is 21.9. The number of ether oxygens (including phenoxy) is 1. The summed E-state index contributed by atoms with van der Waals surface area (Å²) in [7, 11) is -2.21. The molecule has 1 saturated heterocycles. The van der Waals surface area contributed by atoms with Crippen molar-refractivity contribution in [2.45, 2.75) is 30.6 Å². The Balaban J connectivity index is 1.68. The summed E-state index contributed by atoms with van der Waals surface area (Å²) < 4.78 is 31.8. The zero-order chi connectivity index (χ0) is 21.6. The maximum atomic E-state index is 12.8. The molecule has 0 bridgehead atoms. The van der Waals surface area contributed by atoms with Gasteiger partial charge in [0.2, 0.25) is 10.0 Å². The highest BCUT2D eigenvalue weighted by Crippen LogP contribution is 2.21. The highest BCUT2D eigenvalue weighted by molar-refractivity contribution is 7.89. The van der Waals surface area contributed by atoms with Crippen molar-refractivity contribution in [3.05, 3.63) is 71.3 Å².